The van der Waals surface area contributed by atoms with E-state index in [1.807, 2.05) is 0 Å². The highest BCUT2D eigenvalue weighted by Gasteiger charge is 2.43. The summed E-state index contributed by atoms with van der Waals surface area (Å²) in [4.78, 5) is 10.8. The number of hydrogen-bond acceptors (Lipinski definition) is 6. The molecule has 8 nitrogen and oxygen atoms in total. The standard InChI is InChI=1S/C7H13NO7S2/c1-16(12,13)4-17(14,15)8-3-5(9)2-6(8)7(10)11/h5-6,9H,2-4H2,1H3,(H,10,11)/t5-,6-/m1/s1. The number of aliphatic hydroxyl groups excluding tert-OH is 1. The molecule has 2 N–H and O–H groups in total. The lowest BCUT2D eigenvalue weighted by Gasteiger charge is -2.19. The van der Waals surface area contributed by atoms with Crippen molar-refractivity contribution in [2.75, 3.05) is 17.9 Å². The Hall–Kier alpha value is -0.710. The minimum absolute atomic E-state index is 0.238. The minimum Gasteiger partial charge on any atom is -0.480 e. The first-order valence-corrected chi connectivity index (χ1v) is 8.28. The van der Waals surface area contributed by atoms with Crippen LogP contribution >= 0.6 is 0 Å². The van der Waals surface area contributed by atoms with Crippen LogP contribution in [0.3, 0.4) is 0 Å². The fourth-order valence-electron chi connectivity index (χ4n) is 1.65. The van der Waals surface area contributed by atoms with Crippen molar-refractivity contribution in [2.24, 2.45) is 0 Å². The van der Waals surface area contributed by atoms with Crippen LogP contribution in [0.15, 0.2) is 0 Å². The third-order valence-electron chi connectivity index (χ3n) is 2.24. The highest BCUT2D eigenvalue weighted by atomic mass is 32.3. The molecule has 0 aromatic rings. The molecule has 1 rings (SSSR count). The molecule has 0 amide bonds. The van der Waals surface area contributed by atoms with E-state index in [1.54, 1.807) is 0 Å². The molecule has 1 fully saturated rings. The number of carbonyl (C=O) groups is 1. The average Bonchev–Trinajstić information content (AvgIpc) is 2.43. The summed E-state index contributed by atoms with van der Waals surface area (Å²) >= 11 is 0. The largest absolute Gasteiger partial charge is 0.480 e. The molecule has 1 aliphatic rings. The Balaban J connectivity index is 3.02. The molecule has 0 aromatic carbocycles. The van der Waals surface area contributed by atoms with Crippen LogP contribution in [0.5, 0.6) is 0 Å². The third kappa shape index (κ3) is 3.63. The number of carboxylic acid groups (broad SMARTS) is 1. The number of aliphatic hydroxyl groups is 1. The molecule has 0 bridgehead atoms. The second-order valence-corrected chi connectivity index (χ2v) is 8.40. The fourth-order valence-corrected chi connectivity index (χ4v) is 5.32. The van der Waals surface area contributed by atoms with Crippen LogP contribution < -0.4 is 0 Å². The molecule has 1 aliphatic heterocycles. The summed E-state index contributed by atoms with van der Waals surface area (Å²) < 4.78 is 45.8. The Bertz CT molecular complexity index is 508. The predicted molar refractivity (Wildman–Crippen MR) is 57.4 cm³/mol. The SMILES string of the molecule is CS(=O)(=O)CS(=O)(=O)N1C[C@H](O)C[C@@H]1C(=O)O. The smallest absolute Gasteiger partial charge is 0.322 e. The van der Waals surface area contributed by atoms with Crippen LogP contribution in [-0.2, 0) is 24.7 Å². The summed E-state index contributed by atoms with van der Waals surface area (Å²) in [6, 6.07) is -1.41. The van der Waals surface area contributed by atoms with Crippen LogP contribution in [0.25, 0.3) is 0 Å². The maximum absolute atomic E-state index is 11.7. The van der Waals surface area contributed by atoms with Crippen LogP contribution in [0.4, 0.5) is 0 Å². The Labute approximate surface area is 98.8 Å². The van der Waals surface area contributed by atoms with Gasteiger partial charge in [-0.2, -0.15) is 4.31 Å². The first-order chi connectivity index (χ1) is 7.53. The van der Waals surface area contributed by atoms with E-state index in [-0.39, 0.29) is 6.42 Å². The molecule has 1 saturated heterocycles. The summed E-state index contributed by atoms with van der Waals surface area (Å²) in [5.74, 6) is -1.40. The van der Waals surface area contributed by atoms with Crippen molar-refractivity contribution < 1.29 is 31.8 Å². The second kappa shape index (κ2) is 4.52. The summed E-state index contributed by atoms with van der Waals surface area (Å²) in [5.41, 5.74) is 0. The van der Waals surface area contributed by atoms with Gasteiger partial charge in [-0.1, -0.05) is 0 Å². The van der Waals surface area contributed by atoms with Crippen LogP contribution in [0, 0.1) is 0 Å². The van der Waals surface area contributed by atoms with Crippen molar-refractivity contribution >= 4 is 25.8 Å². The van der Waals surface area contributed by atoms with E-state index < -0.39 is 49.6 Å². The Morgan fingerprint density at radius 1 is 1.35 bits per heavy atom. The van der Waals surface area contributed by atoms with Crippen molar-refractivity contribution in [2.45, 2.75) is 18.6 Å². The van der Waals surface area contributed by atoms with Crippen molar-refractivity contribution in [3.05, 3.63) is 0 Å². The van der Waals surface area contributed by atoms with Gasteiger partial charge >= 0.3 is 5.97 Å². The molecule has 0 saturated carbocycles. The highest BCUT2D eigenvalue weighted by molar-refractivity contribution is 8.06. The number of sulfonamides is 1. The summed E-state index contributed by atoms with van der Waals surface area (Å²) in [7, 11) is -8.03. The maximum atomic E-state index is 11.7. The fraction of sp³-hybridized carbons (Fsp3) is 0.857. The van der Waals surface area contributed by atoms with Gasteiger partial charge in [-0.05, 0) is 0 Å². The van der Waals surface area contributed by atoms with Gasteiger partial charge < -0.3 is 10.2 Å². The first-order valence-electron chi connectivity index (χ1n) is 4.61. The van der Waals surface area contributed by atoms with Crippen molar-refractivity contribution in [1.29, 1.82) is 0 Å². The lowest BCUT2D eigenvalue weighted by Crippen LogP contribution is -2.42. The van der Waals surface area contributed by atoms with E-state index in [2.05, 4.69) is 0 Å². The number of β-amino-alcohol motifs (C(OH)–C–C–N with tert-alkyl or cyclic N) is 1. The first kappa shape index (κ1) is 14.4. The number of rotatable bonds is 4. The van der Waals surface area contributed by atoms with Crippen molar-refractivity contribution in [3.8, 4) is 0 Å². The molecule has 0 unspecified atom stereocenters. The molecular formula is C7H13NO7S2. The second-order valence-electron chi connectivity index (χ2n) is 3.97. The van der Waals surface area contributed by atoms with Gasteiger partial charge in [-0.15, -0.1) is 0 Å². The molecule has 0 aliphatic carbocycles. The Morgan fingerprint density at radius 3 is 2.29 bits per heavy atom. The Kier molecular flexibility index (Phi) is 3.81. The van der Waals surface area contributed by atoms with Crippen molar-refractivity contribution in [3.63, 3.8) is 0 Å². The summed E-state index contributed by atoms with van der Waals surface area (Å²) in [6.07, 6.45) is -0.587. The zero-order valence-electron chi connectivity index (χ0n) is 8.98. The van der Waals surface area contributed by atoms with E-state index in [9.17, 15) is 26.7 Å². The normalized spacial score (nSPS) is 27.2. The highest BCUT2D eigenvalue weighted by Crippen LogP contribution is 2.22. The number of sulfone groups is 1. The number of carboxylic acids is 1. The molecule has 0 spiro atoms. The van der Waals surface area contributed by atoms with Crippen LogP contribution in [0.1, 0.15) is 6.42 Å². The van der Waals surface area contributed by atoms with Gasteiger partial charge in [0, 0.05) is 19.2 Å². The molecule has 0 aromatic heterocycles. The molecular weight excluding hydrogens is 274 g/mol. The molecule has 17 heavy (non-hydrogen) atoms. The van der Waals surface area contributed by atoms with E-state index in [4.69, 9.17) is 5.11 Å². The van der Waals surface area contributed by atoms with Gasteiger partial charge in [0.2, 0.25) is 10.0 Å². The summed E-state index contributed by atoms with van der Waals surface area (Å²) in [6.45, 7) is -0.394. The van der Waals surface area contributed by atoms with E-state index in [1.165, 1.54) is 0 Å². The molecule has 1 heterocycles. The molecule has 2 atom stereocenters. The van der Waals surface area contributed by atoms with E-state index in [0.29, 0.717) is 4.31 Å². The monoisotopic (exact) mass is 287 g/mol. The number of nitrogens with zero attached hydrogens (tertiary/aromatic N) is 1. The number of aliphatic carboxylic acids is 1. The minimum atomic E-state index is -4.24. The summed E-state index contributed by atoms with van der Waals surface area (Å²) in [5, 5.41) is 16.9. The van der Waals surface area contributed by atoms with Crippen LogP contribution in [-0.4, -0.2) is 67.4 Å². The van der Waals surface area contributed by atoms with Gasteiger partial charge in [-0.25, -0.2) is 16.8 Å². The number of hydrogen-bond donors (Lipinski definition) is 2. The van der Waals surface area contributed by atoms with Gasteiger partial charge in [-0.3, -0.25) is 4.79 Å². The van der Waals surface area contributed by atoms with Gasteiger partial charge in [0.05, 0.1) is 6.10 Å². The van der Waals surface area contributed by atoms with E-state index in [0.717, 1.165) is 6.26 Å². The zero-order chi connectivity index (χ0) is 13.4. The zero-order valence-corrected chi connectivity index (χ0v) is 10.6. The molecule has 0 radical (unpaired) electrons. The lowest BCUT2D eigenvalue weighted by molar-refractivity contribution is -0.140. The Morgan fingerprint density at radius 2 is 1.88 bits per heavy atom. The van der Waals surface area contributed by atoms with Crippen LogP contribution in [0.2, 0.25) is 0 Å². The molecule has 10 heteroatoms. The van der Waals surface area contributed by atoms with Crippen molar-refractivity contribution in [1.82, 2.24) is 4.31 Å². The lowest BCUT2D eigenvalue weighted by atomic mass is 10.2. The third-order valence-corrected chi connectivity index (χ3v) is 6.26. The maximum Gasteiger partial charge on any atom is 0.322 e. The van der Waals surface area contributed by atoms with Gasteiger partial charge in [0.1, 0.15) is 6.04 Å². The average molecular weight is 287 g/mol. The quantitative estimate of drug-likeness (QED) is 0.602. The topological polar surface area (TPSA) is 129 Å². The molecule has 100 valence electrons. The van der Waals surface area contributed by atoms with E-state index >= 15 is 0 Å². The predicted octanol–water partition coefficient (Wildman–Crippen LogP) is -2.16. The van der Waals surface area contributed by atoms with Gasteiger partial charge in [0.25, 0.3) is 0 Å². The van der Waals surface area contributed by atoms with Gasteiger partial charge in [0.15, 0.2) is 14.9 Å².